The van der Waals surface area contributed by atoms with Gasteiger partial charge in [-0.3, -0.25) is 0 Å². The molecule has 0 aliphatic heterocycles. The van der Waals surface area contributed by atoms with Gasteiger partial charge in [0.05, 0.1) is 0 Å². The van der Waals surface area contributed by atoms with E-state index in [-0.39, 0.29) is 0 Å². The number of thiazole rings is 1. The van der Waals surface area contributed by atoms with E-state index in [0.29, 0.717) is 0 Å². The molecule has 0 amide bonds. The summed E-state index contributed by atoms with van der Waals surface area (Å²) < 4.78 is 0. The molecule has 1 N–H and O–H groups in total. The topological polar surface area (TPSA) is 53.9 Å². The Hall–Kier alpha value is -1.21. The van der Waals surface area contributed by atoms with Gasteiger partial charge in [0.15, 0.2) is 10.1 Å². The van der Waals surface area contributed by atoms with Crippen molar-refractivity contribution in [2.45, 2.75) is 19.8 Å². The van der Waals surface area contributed by atoms with Gasteiger partial charge in [-0.25, -0.2) is 4.98 Å². The van der Waals surface area contributed by atoms with Gasteiger partial charge in [-0.05, 0) is 6.42 Å². The highest BCUT2D eigenvalue weighted by Crippen LogP contribution is 2.29. The zero-order valence-electron chi connectivity index (χ0n) is 10.8. The zero-order valence-corrected chi connectivity index (χ0v) is 12.4. The third kappa shape index (κ3) is 3.17. The second-order valence-electron chi connectivity index (χ2n) is 4.10. The molecule has 0 saturated carbocycles. The van der Waals surface area contributed by atoms with E-state index in [0.717, 1.165) is 33.9 Å². The normalized spacial score (nSPS) is 10.6. The lowest BCUT2D eigenvalue weighted by Crippen LogP contribution is -2.07. The molecule has 98 valence electrons. The quantitative estimate of drug-likeness (QED) is 0.826. The molecular weight excluding hydrogens is 266 g/mol. The van der Waals surface area contributed by atoms with Crippen molar-refractivity contribution in [1.82, 2.24) is 15.2 Å². The molecule has 0 unspecified atom stereocenters. The summed E-state index contributed by atoms with van der Waals surface area (Å²) in [5.41, 5.74) is 0.907. The number of aromatic nitrogens is 3. The van der Waals surface area contributed by atoms with Crippen molar-refractivity contribution in [3.8, 4) is 10.7 Å². The van der Waals surface area contributed by atoms with Gasteiger partial charge < -0.3 is 10.2 Å². The van der Waals surface area contributed by atoms with E-state index in [1.165, 1.54) is 6.42 Å². The molecule has 2 aromatic heterocycles. The molecule has 0 atom stereocenters. The average Bonchev–Trinajstić information content (AvgIpc) is 2.97. The number of rotatable bonds is 6. The Bertz CT molecular complexity index is 491. The molecule has 0 aliphatic rings. The fourth-order valence-corrected chi connectivity index (χ4v) is 2.89. The van der Waals surface area contributed by atoms with Gasteiger partial charge in [-0.1, -0.05) is 24.7 Å². The third-order valence-corrected chi connectivity index (χ3v) is 4.24. The van der Waals surface area contributed by atoms with Crippen LogP contribution in [0, 0.1) is 0 Å². The van der Waals surface area contributed by atoms with E-state index >= 15 is 0 Å². The molecule has 0 spiro atoms. The molecule has 0 saturated heterocycles. The summed E-state index contributed by atoms with van der Waals surface area (Å²) >= 11 is 3.17. The maximum absolute atomic E-state index is 4.51. The Kier molecular flexibility index (Phi) is 4.48. The molecule has 7 heteroatoms. The van der Waals surface area contributed by atoms with Gasteiger partial charge in [0.1, 0.15) is 5.69 Å². The third-order valence-electron chi connectivity index (χ3n) is 2.33. The first-order chi connectivity index (χ1) is 8.70. The lowest BCUT2D eigenvalue weighted by Gasteiger charge is -2.04. The molecule has 2 heterocycles. The molecule has 0 fully saturated rings. The molecule has 18 heavy (non-hydrogen) atoms. The smallest absolute Gasteiger partial charge is 0.206 e. The first kappa shape index (κ1) is 13.2. The van der Waals surface area contributed by atoms with E-state index in [4.69, 9.17) is 0 Å². The molecule has 0 bridgehead atoms. The summed E-state index contributed by atoms with van der Waals surface area (Å²) in [6, 6.07) is 0. The highest BCUT2D eigenvalue weighted by Gasteiger charge is 2.11. The van der Waals surface area contributed by atoms with Crippen LogP contribution in [-0.2, 0) is 0 Å². The Morgan fingerprint density at radius 1 is 1.33 bits per heavy atom. The lowest BCUT2D eigenvalue weighted by molar-refractivity contribution is 0.831. The predicted molar refractivity (Wildman–Crippen MR) is 78.7 cm³/mol. The number of hydrogen-bond donors (Lipinski definition) is 1. The molecule has 0 aliphatic carbocycles. The Morgan fingerprint density at radius 2 is 2.17 bits per heavy atom. The van der Waals surface area contributed by atoms with E-state index < -0.39 is 0 Å². The van der Waals surface area contributed by atoms with Crippen LogP contribution in [0.3, 0.4) is 0 Å². The van der Waals surface area contributed by atoms with E-state index in [9.17, 15) is 0 Å². The standard InChI is InChI=1S/C11H17N5S2/c1-4-5-6-12-10-15-14-9(18-10)8-7-17-11(13-8)16(2)3/h7H,4-6H2,1-3H3,(H,12,15). The van der Waals surface area contributed by atoms with Crippen molar-refractivity contribution in [2.24, 2.45) is 0 Å². The van der Waals surface area contributed by atoms with E-state index in [1.54, 1.807) is 22.7 Å². The lowest BCUT2D eigenvalue weighted by atomic mass is 10.3. The van der Waals surface area contributed by atoms with Crippen LogP contribution in [0.5, 0.6) is 0 Å². The van der Waals surface area contributed by atoms with Gasteiger partial charge in [-0.15, -0.1) is 21.5 Å². The van der Waals surface area contributed by atoms with Crippen LogP contribution >= 0.6 is 22.7 Å². The van der Waals surface area contributed by atoms with Crippen molar-refractivity contribution in [1.29, 1.82) is 0 Å². The van der Waals surface area contributed by atoms with Crippen LogP contribution in [0.15, 0.2) is 5.38 Å². The number of nitrogens with one attached hydrogen (secondary N) is 1. The second-order valence-corrected chi connectivity index (χ2v) is 5.92. The summed E-state index contributed by atoms with van der Waals surface area (Å²) in [6.07, 6.45) is 2.33. The monoisotopic (exact) mass is 283 g/mol. The van der Waals surface area contributed by atoms with Crippen molar-refractivity contribution in [3.63, 3.8) is 0 Å². The zero-order chi connectivity index (χ0) is 13.0. The molecule has 5 nitrogen and oxygen atoms in total. The summed E-state index contributed by atoms with van der Waals surface area (Å²) in [6.45, 7) is 3.12. The number of hydrogen-bond acceptors (Lipinski definition) is 7. The molecular formula is C11H17N5S2. The molecule has 0 radical (unpaired) electrons. The minimum atomic E-state index is 0.873. The summed E-state index contributed by atoms with van der Waals surface area (Å²) in [7, 11) is 3.97. The van der Waals surface area contributed by atoms with E-state index in [1.807, 2.05) is 24.4 Å². The van der Waals surface area contributed by atoms with Crippen LogP contribution in [-0.4, -0.2) is 35.8 Å². The number of anilines is 2. The number of nitrogens with zero attached hydrogens (tertiary/aromatic N) is 4. The molecule has 2 aromatic rings. The van der Waals surface area contributed by atoms with Crippen LogP contribution in [0.1, 0.15) is 19.8 Å². The maximum Gasteiger partial charge on any atom is 0.206 e. The van der Waals surface area contributed by atoms with Gasteiger partial charge in [0.25, 0.3) is 0 Å². The Labute approximate surface area is 115 Å². The van der Waals surface area contributed by atoms with Gasteiger partial charge >= 0.3 is 0 Å². The highest BCUT2D eigenvalue weighted by molar-refractivity contribution is 7.19. The van der Waals surface area contributed by atoms with Crippen molar-refractivity contribution < 1.29 is 0 Å². The van der Waals surface area contributed by atoms with Crippen molar-refractivity contribution in [2.75, 3.05) is 30.9 Å². The largest absolute Gasteiger partial charge is 0.360 e. The van der Waals surface area contributed by atoms with Crippen LogP contribution < -0.4 is 10.2 Å². The van der Waals surface area contributed by atoms with Gasteiger partial charge in [-0.2, -0.15) is 0 Å². The Balaban J connectivity index is 2.04. The average molecular weight is 283 g/mol. The fraction of sp³-hybridized carbons (Fsp3) is 0.545. The molecule has 0 aromatic carbocycles. The molecule has 2 rings (SSSR count). The van der Waals surface area contributed by atoms with Crippen LogP contribution in [0.2, 0.25) is 0 Å². The first-order valence-corrected chi connectivity index (χ1v) is 7.61. The van der Waals surface area contributed by atoms with E-state index in [2.05, 4.69) is 27.4 Å². The first-order valence-electron chi connectivity index (χ1n) is 5.91. The SMILES string of the molecule is CCCCNc1nnc(-c2csc(N(C)C)n2)s1. The fourth-order valence-electron chi connectivity index (χ4n) is 1.34. The second kappa shape index (κ2) is 6.10. The van der Waals surface area contributed by atoms with Crippen LogP contribution in [0.4, 0.5) is 10.3 Å². The highest BCUT2D eigenvalue weighted by atomic mass is 32.1. The van der Waals surface area contributed by atoms with Crippen molar-refractivity contribution in [3.05, 3.63) is 5.38 Å². The summed E-state index contributed by atoms with van der Waals surface area (Å²) in [5.74, 6) is 0. The van der Waals surface area contributed by atoms with Crippen molar-refractivity contribution >= 4 is 32.9 Å². The Morgan fingerprint density at radius 3 is 2.83 bits per heavy atom. The number of unbranched alkanes of at least 4 members (excludes halogenated alkanes) is 1. The summed E-state index contributed by atoms with van der Waals surface area (Å²) in [5, 5.41) is 16.3. The van der Waals surface area contributed by atoms with Gasteiger partial charge in [0.2, 0.25) is 5.13 Å². The minimum Gasteiger partial charge on any atom is -0.360 e. The maximum atomic E-state index is 4.51. The summed E-state index contributed by atoms with van der Waals surface area (Å²) in [4.78, 5) is 6.51. The van der Waals surface area contributed by atoms with Gasteiger partial charge in [0, 0.05) is 26.0 Å². The minimum absolute atomic E-state index is 0.873. The predicted octanol–water partition coefficient (Wildman–Crippen LogP) is 2.94. The van der Waals surface area contributed by atoms with Crippen LogP contribution in [0.25, 0.3) is 10.7 Å².